The molecule has 0 unspecified atom stereocenters. The number of hydrogen-bond acceptors (Lipinski definition) is 5. The third-order valence-corrected chi connectivity index (χ3v) is 2.53. The van der Waals surface area contributed by atoms with Crippen LogP contribution < -0.4 is 5.32 Å². The molecule has 2 aromatic rings. The summed E-state index contributed by atoms with van der Waals surface area (Å²) in [5.74, 6) is -0.456. The molecule has 0 aliphatic heterocycles. The molecule has 2 aromatic heterocycles. The van der Waals surface area contributed by atoms with Gasteiger partial charge in [-0.05, 0) is 25.0 Å². The van der Waals surface area contributed by atoms with E-state index in [2.05, 4.69) is 20.5 Å². The predicted octanol–water partition coefficient (Wildman–Crippen LogP) is 0.953. The van der Waals surface area contributed by atoms with Gasteiger partial charge in [0.05, 0.1) is 11.9 Å². The fourth-order valence-electron chi connectivity index (χ4n) is 1.64. The SMILES string of the molecule is Cn1ncc(CCCNc2cccc(C(=O)O)n2)n1. The zero-order valence-electron chi connectivity index (χ0n) is 10.6. The molecule has 100 valence electrons. The molecule has 0 spiro atoms. The van der Waals surface area contributed by atoms with Crippen LogP contribution in [0.5, 0.6) is 0 Å². The molecule has 0 bridgehead atoms. The Kier molecular flexibility index (Phi) is 4.07. The van der Waals surface area contributed by atoms with Crippen molar-refractivity contribution in [2.45, 2.75) is 12.8 Å². The Hall–Kier alpha value is -2.44. The largest absolute Gasteiger partial charge is 0.477 e. The molecule has 0 atom stereocenters. The van der Waals surface area contributed by atoms with Crippen LogP contribution in [-0.4, -0.2) is 37.6 Å². The number of carboxylic acids is 1. The van der Waals surface area contributed by atoms with E-state index in [1.165, 1.54) is 10.9 Å². The van der Waals surface area contributed by atoms with Crippen LogP contribution >= 0.6 is 0 Å². The van der Waals surface area contributed by atoms with Crippen molar-refractivity contribution in [1.82, 2.24) is 20.0 Å². The van der Waals surface area contributed by atoms with Crippen molar-refractivity contribution in [3.63, 3.8) is 0 Å². The number of aromatic carboxylic acids is 1. The smallest absolute Gasteiger partial charge is 0.354 e. The van der Waals surface area contributed by atoms with Gasteiger partial charge in [0.15, 0.2) is 5.69 Å². The summed E-state index contributed by atoms with van der Waals surface area (Å²) in [5, 5.41) is 20.1. The molecule has 7 heteroatoms. The van der Waals surface area contributed by atoms with Gasteiger partial charge in [-0.1, -0.05) is 6.07 Å². The highest BCUT2D eigenvalue weighted by Gasteiger charge is 2.04. The first kappa shape index (κ1) is 13.0. The van der Waals surface area contributed by atoms with E-state index in [0.717, 1.165) is 18.5 Å². The summed E-state index contributed by atoms with van der Waals surface area (Å²) in [6.07, 6.45) is 3.43. The monoisotopic (exact) mass is 261 g/mol. The van der Waals surface area contributed by atoms with E-state index >= 15 is 0 Å². The van der Waals surface area contributed by atoms with Crippen molar-refractivity contribution < 1.29 is 9.90 Å². The first-order chi connectivity index (χ1) is 9.15. The van der Waals surface area contributed by atoms with Crippen molar-refractivity contribution in [3.8, 4) is 0 Å². The molecular weight excluding hydrogens is 246 g/mol. The lowest BCUT2D eigenvalue weighted by molar-refractivity contribution is 0.0690. The molecule has 0 aliphatic rings. The van der Waals surface area contributed by atoms with E-state index < -0.39 is 5.97 Å². The maximum Gasteiger partial charge on any atom is 0.354 e. The Morgan fingerprint density at radius 3 is 3.00 bits per heavy atom. The lowest BCUT2D eigenvalue weighted by Gasteiger charge is -2.05. The number of pyridine rings is 1. The summed E-state index contributed by atoms with van der Waals surface area (Å²) in [4.78, 5) is 16.3. The van der Waals surface area contributed by atoms with Crippen molar-refractivity contribution in [2.75, 3.05) is 11.9 Å². The molecule has 0 aliphatic carbocycles. The zero-order valence-corrected chi connectivity index (χ0v) is 10.6. The summed E-state index contributed by atoms with van der Waals surface area (Å²) < 4.78 is 0. The molecule has 0 amide bonds. The molecule has 19 heavy (non-hydrogen) atoms. The number of carboxylic acid groups (broad SMARTS) is 1. The molecule has 2 heterocycles. The van der Waals surface area contributed by atoms with Gasteiger partial charge in [-0.3, -0.25) is 0 Å². The standard InChI is InChI=1S/C12H15N5O2/c1-17-14-8-9(16-17)4-3-7-13-11-6-2-5-10(15-11)12(18)19/h2,5-6,8H,3-4,7H2,1H3,(H,13,15)(H,18,19). The minimum atomic E-state index is -1.02. The van der Waals surface area contributed by atoms with Crippen molar-refractivity contribution in [2.24, 2.45) is 7.05 Å². The van der Waals surface area contributed by atoms with Crippen molar-refractivity contribution in [3.05, 3.63) is 35.8 Å². The lowest BCUT2D eigenvalue weighted by atomic mass is 10.2. The van der Waals surface area contributed by atoms with Gasteiger partial charge in [0.1, 0.15) is 5.82 Å². The molecular formula is C12H15N5O2. The van der Waals surface area contributed by atoms with E-state index in [1.807, 2.05) is 0 Å². The van der Waals surface area contributed by atoms with Crippen LogP contribution in [0.25, 0.3) is 0 Å². The Morgan fingerprint density at radius 2 is 2.32 bits per heavy atom. The Balaban J connectivity index is 1.79. The van der Waals surface area contributed by atoms with E-state index in [4.69, 9.17) is 5.11 Å². The molecule has 0 saturated heterocycles. The van der Waals surface area contributed by atoms with Crippen LogP contribution in [0.1, 0.15) is 22.6 Å². The normalized spacial score (nSPS) is 10.4. The third kappa shape index (κ3) is 3.77. The minimum Gasteiger partial charge on any atom is -0.477 e. The quantitative estimate of drug-likeness (QED) is 0.752. The maximum atomic E-state index is 10.8. The highest BCUT2D eigenvalue weighted by molar-refractivity contribution is 5.85. The van der Waals surface area contributed by atoms with Crippen molar-refractivity contribution >= 4 is 11.8 Å². The molecule has 0 radical (unpaired) electrons. The van der Waals surface area contributed by atoms with Gasteiger partial charge in [-0.15, -0.1) is 0 Å². The summed E-state index contributed by atoms with van der Waals surface area (Å²) in [7, 11) is 1.78. The number of nitrogens with one attached hydrogen (secondary N) is 1. The predicted molar refractivity (Wildman–Crippen MR) is 69.0 cm³/mol. The second-order valence-corrected chi connectivity index (χ2v) is 4.07. The number of carbonyl (C=O) groups is 1. The topological polar surface area (TPSA) is 92.9 Å². The Labute approximate surface area is 110 Å². The summed E-state index contributed by atoms with van der Waals surface area (Å²) in [6, 6.07) is 4.88. The maximum absolute atomic E-state index is 10.8. The van der Waals surface area contributed by atoms with Crippen LogP contribution in [0.4, 0.5) is 5.82 Å². The van der Waals surface area contributed by atoms with Crippen LogP contribution in [0.3, 0.4) is 0 Å². The van der Waals surface area contributed by atoms with Gasteiger partial charge in [0.25, 0.3) is 0 Å². The van der Waals surface area contributed by atoms with E-state index in [1.54, 1.807) is 25.4 Å². The van der Waals surface area contributed by atoms with Gasteiger partial charge in [-0.25, -0.2) is 9.78 Å². The van der Waals surface area contributed by atoms with Gasteiger partial charge in [0, 0.05) is 13.6 Å². The highest BCUT2D eigenvalue weighted by atomic mass is 16.4. The van der Waals surface area contributed by atoms with Gasteiger partial charge >= 0.3 is 5.97 Å². The fourth-order valence-corrected chi connectivity index (χ4v) is 1.64. The molecule has 2 N–H and O–H groups in total. The zero-order chi connectivity index (χ0) is 13.7. The molecule has 0 fully saturated rings. The molecule has 7 nitrogen and oxygen atoms in total. The molecule has 0 saturated carbocycles. The van der Waals surface area contributed by atoms with Gasteiger partial charge < -0.3 is 10.4 Å². The number of anilines is 1. The minimum absolute atomic E-state index is 0.0407. The average Bonchev–Trinajstić information content (AvgIpc) is 2.81. The van der Waals surface area contributed by atoms with Crippen LogP contribution in [0.2, 0.25) is 0 Å². The van der Waals surface area contributed by atoms with Crippen LogP contribution in [0.15, 0.2) is 24.4 Å². The number of nitrogens with zero attached hydrogens (tertiary/aromatic N) is 4. The Bertz CT molecular complexity index is 567. The van der Waals surface area contributed by atoms with E-state index in [-0.39, 0.29) is 5.69 Å². The molecule has 2 rings (SSSR count). The van der Waals surface area contributed by atoms with Crippen LogP contribution in [-0.2, 0) is 13.5 Å². The average molecular weight is 261 g/mol. The summed E-state index contributed by atoms with van der Waals surface area (Å²) in [6.45, 7) is 0.701. The third-order valence-electron chi connectivity index (χ3n) is 2.53. The second-order valence-electron chi connectivity index (χ2n) is 4.07. The number of aromatic nitrogens is 4. The fraction of sp³-hybridized carbons (Fsp3) is 0.333. The second kappa shape index (κ2) is 5.94. The molecule has 0 aromatic carbocycles. The van der Waals surface area contributed by atoms with Gasteiger partial charge in [-0.2, -0.15) is 15.0 Å². The summed E-state index contributed by atoms with van der Waals surface area (Å²) in [5.41, 5.74) is 0.982. The van der Waals surface area contributed by atoms with Crippen LogP contribution in [0, 0.1) is 0 Å². The van der Waals surface area contributed by atoms with Crippen molar-refractivity contribution in [1.29, 1.82) is 0 Å². The number of hydrogen-bond donors (Lipinski definition) is 2. The van der Waals surface area contributed by atoms with E-state index in [0.29, 0.717) is 12.4 Å². The first-order valence-corrected chi connectivity index (χ1v) is 5.94. The van der Waals surface area contributed by atoms with Gasteiger partial charge in [0.2, 0.25) is 0 Å². The number of aryl methyl sites for hydroxylation is 2. The number of rotatable bonds is 6. The van der Waals surface area contributed by atoms with E-state index in [9.17, 15) is 4.79 Å². The first-order valence-electron chi connectivity index (χ1n) is 5.94. The highest BCUT2D eigenvalue weighted by Crippen LogP contribution is 2.05. The lowest BCUT2D eigenvalue weighted by Crippen LogP contribution is -2.07. The Morgan fingerprint density at radius 1 is 1.47 bits per heavy atom. The summed E-state index contributed by atoms with van der Waals surface area (Å²) >= 11 is 0.